The number of terminal acetylenes is 3. The Balaban J connectivity index is 3.36. The minimum Gasteiger partial charge on any atom is -0.481 e. The zero-order valence-electron chi connectivity index (χ0n) is 24.3. The molecule has 3 atom stereocenters. The van der Waals surface area contributed by atoms with Gasteiger partial charge in [0, 0.05) is 30.9 Å². The first-order valence-electron chi connectivity index (χ1n) is 13.6. The first-order valence-corrected chi connectivity index (χ1v) is 13.6. The van der Waals surface area contributed by atoms with Crippen molar-refractivity contribution in [1.29, 1.82) is 0 Å². The Kier molecular flexibility index (Phi) is 16.6. The summed E-state index contributed by atoms with van der Waals surface area (Å²) in [5, 5.41) is 33.0. The maximum Gasteiger partial charge on any atom is 0.303 e. The number of aliphatic carboxylic acids is 1. The van der Waals surface area contributed by atoms with Crippen LogP contribution in [-0.4, -0.2) is 77.3 Å². The molecule has 1 aromatic rings. The topological polar surface area (TPSA) is 226 Å². The van der Waals surface area contributed by atoms with Crippen LogP contribution >= 0.6 is 0 Å². The van der Waals surface area contributed by atoms with Gasteiger partial charge in [-0.25, -0.2) is 0 Å². The first kappa shape index (κ1) is 37.1. The quantitative estimate of drug-likeness (QED) is 0.0652. The molecular formula is C30H34N6O9. The minimum atomic E-state index is -1.48. The molecule has 0 bridgehead atoms. The molecule has 15 nitrogen and oxygen atoms in total. The molecule has 1 rings (SSSR count). The van der Waals surface area contributed by atoms with Crippen molar-refractivity contribution in [3.8, 4) is 37.0 Å². The molecule has 0 aromatic heterocycles. The second-order valence-electron chi connectivity index (χ2n) is 9.38. The van der Waals surface area contributed by atoms with Crippen LogP contribution in [0.5, 0.6) is 0 Å². The Morgan fingerprint density at radius 2 is 1.22 bits per heavy atom. The number of benzene rings is 1. The molecule has 6 N–H and O–H groups in total. The van der Waals surface area contributed by atoms with Gasteiger partial charge in [0.1, 0.15) is 12.1 Å². The number of carbonyl (C=O) groups excluding carboxylic acids is 5. The second kappa shape index (κ2) is 20.1. The molecule has 0 aliphatic carbocycles. The van der Waals surface area contributed by atoms with Gasteiger partial charge in [0.05, 0.1) is 30.5 Å². The number of nitrogens with one attached hydrogen (secondary N) is 5. The van der Waals surface area contributed by atoms with E-state index in [1.54, 1.807) is 0 Å². The molecule has 45 heavy (non-hydrogen) atoms. The zero-order valence-corrected chi connectivity index (χ0v) is 24.3. The van der Waals surface area contributed by atoms with Gasteiger partial charge in [-0.05, 0) is 19.3 Å². The lowest BCUT2D eigenvalue weighted by atomic mass is 9.91. The van der Waals surface area contributed by atoms with Gasteiger partial charge >= 0.3 is 5.97 Å². The second-order valence-corrected chi connectivity index (χ2v) is 9.38. The Bertz CT molecular complexity index is 1390. The Hall–Kier alpha value is -5.88. The fourth-order valence-corrected chi connectivity index (χ4v) is 4.01. The number of amides is 5. The number of rotatable bonds is 19. The third-order valence-electron chi connectivity index (χ3n) is 6.20. The molecule has 0 aliphatic heterocycles. The molecule has 1 unspecified atom stereocenters. The third kappa shape index (κ3) is 13.8. The van der Waals surface area contributed by atoms with Gasteiger partial charge in [0.2, 0.25) is 29.5 Å². The summed E-state index contributed by atoms with van der Waals surface area (Å²) in [7, 11) is 0. The van der Waals surface area contributed by atoms with Crippen molar-refractivity contribution >= 4 is 41.2 Å². The Morgan fingerprint density at radius 1 is 0.733 bits per heavy atom. The standard InChI is InChI=1S/C30H34N6O9/c1-4-17-31-25(37)14-12-22(29(42)33-19-6-3)35-30(43)23(13-15-26(38)32-18-5-2)34-28(41)21(11-16-27(39)40)20-9-7-8-10-24(20)36(44)45/h1-3,7-10,21-23H,11-19H2,(H,31,37)(H,32,38)(H,33,42)(H,34,41)(H,35,43)(H,39,40)/t21?,22-,23+/m1/s1. The van der Waals surface area contributed by atoms with Crippen molar-refractivity contribution in [2.24, 2.45) is 0 Å². The van der Waals surface area contributed by atoms with Crippen LogP contribution in [0.4, 0.5) is 5.69 Å². The number of carbonyl (C=O) groups is 6. The molecular weight excluding hydrogens is 588 g/mol. The summed E-state index contributed by atoms with van der Waals surface area (Å²) in [6.07, 6.45) is 13.5. The molecule has 0 radical (unpaired) electrons. The van der Waals surface area contributed by atoms with Crippen LogP contribution in [0, 0.1) is 47.1 Å². The van der Waals surface area contributed by atoms with Crippen LogP contribution in [0.3, 0.4) is 0 Å². The lowest BCUT2D eigenvalue weighted by molar-refractivity contribution is -0.385. The number of nitro benzene ring substituents is 1. The van der Waals surface area contributed by atoms with E-state index >= 15 is 0 Å². The van der Waals surface area contributed by atoms with Crippen molar-refractivity contribution in [3.05, 3.63) is 39.9 Å². The molecule has 238 valence electrons. The van der Waals surface area contributed by atoms with Crippen LogP contribution in [0.15, 0.2) is 24.3 Å². The summed E-state index contributed by atoms with van der Waals surface area (Å²) in [5.41, 5.74) is -0.525. The van der Waals surface area contributed by atoms with Crippen molar-refractivity contribution in [3.63, 3.8) is 0 Å². The van der Waals surface area contributed by atoms with E-state index in [-0.39, 0.29) is 57.3 Å². The van der Waals surface area contributed by atoms with Gasteiger partial charge < -0.3 is 31.7 Å². The largest absolute Gasteiger partial charge is 0.481 e. The molecule has 5 amide bonds. The van der Waals surface area contributed by atoms with Crippen molar-refractivity contribution < 1.29 is 38.8 Å². The number of hydrogen-bond acceptors (Lipinski definition) is 8. The summed E-state index contributed by atoms with van der Waals surface area (Å²) in [6.45, 7) is -0.348. The van der Waals surface area contributed by atoms with Gasteiger partial charge in [-0.2, -0.15) is 0 Å². The third-order valence-corrected chi connectivity index (χ3v) is 6.20. The van der Waals surface area contributed by atoms with Crippen LogP contribution in [0.1, 0.15) is 50.0 Å². The van der Waals surface area contributed by atoms with Crippen molar-refractivity contribution in [2.45, 2.75) is 56.5 Å². The fraction of sp³-hybridized carbons (Fsp3) is 0.400. The van der Waals surface area contributed by atoms with E-state index in [4.69, 9.17) is 19.3 Å². The Morgan fingerprint density at radius 3 is 1.73 bits per heavy atom. The normalized spacial score (nSPS) is 11.9. The highest BCUT2D eigenvalue weighted by molar-refractivity contribution is 5.94. The summed E-state index contributed by atoms with van der Waals surface area (Å²) in [5.74, 6) is 0.350. The Labute approximate surface area is 259 Å². The van der Waals surface area contributed by atoms with Gasteiger partial charge in [0.25, 0.3) is 5.69 Å². The number of nitro groups is 1. The predicted molar refractivity (Wildman–Crippen MR) is 161 cm³/mol. The lowest BCUT2D eigenvalue weighted by Gasteiger charge is -2.25. The van der Waals surface area contributed by atoms with E-state index in [1.807, 2.05) is 0 Å². The first-order chi connectivity index (χ1) is 21.4. The molecule has 15 heteroatoms. The van der Waals surface area contributed by atoms with E-state index in [2.05, 4.69) is 44.3 Å². The van der Waals surface area contributed by atoms with E-state index in [0.717, 1.165) is 6.07 Å². The summed E-state index contributed by atoms with van der Waals surface area (Å²) in [6, 6.07) is 2.45. The SMILES string of the molecule is C#CCNC(=O)CC[C@H](NC(=O)C(CCC(=O)O)c1ccccc1[N+](=O)[O-])C(=O)N[C@H](CCC(=O)NCC#C)C(=O)NCC#C. The maximum atomic E-state index is 13.5. The lowest BCUT2D eigenvalue weighted by Crippen LogP contribution is -2.54. The predicted octanol–water partition coefficient (Wildman–Crippen LogP) is -0.679. The molecule has 0 fully saturated rings. The number of carboxylic acid groups (broad SMARTS) is 1. The van der Waals surface area contributed by atoms with E-state index < -0.39 is 70.5 Å². The van der Waals surface area contributed by atoms with Gasteiger partial charge in [0.15, 0.2) is 0 Å². The summed E-state index contributed by atoms with van der Waals surface area (Å²) in [4.78, 5) is 86.3. The van der Waals surface area contributed by atoms with Crippen LogP contribution < -0.4 is 26.6 Å². The summed E-state index contributed by atoms with van der Waals surface area (Å²) < 4.78 is 0. The minimum absolute atomic E-state index is 0.0579. The average molecular weight is 623 g/mol. The zero-order chi connectivity index (χ0) is 33.8. The van der Waals surface area contributed by atoms with Crippen LogP contribution in [-0.2, 0) is 28.8 Å². The van der Waals surface area contributed by atoms with E-state index in [9.17, 15) is 44.0 Å². The molecule has 0 spiro atoms. The van der Waals surface area contributed by atoms with Crippen molar-refractivity contribution in [1.82, 2.24) is 26.6 Å². The highest BCUT2D eigenvalue weighted by Crippen LogP contribution is 2.30. The highest BCUT2D eigenvalue weighted by Gasteiger charge is 2.33. The van der Waals surface area contributed by atoms with Gasteiger partial charge in [-0.15, -0.1) is 19.3 Å². The van der Waals surface area contributed by atoms with Gasteiger partial charge in [-0.1, -0.05) is 36.0 Å². The smallest absolute Gasteiger partial charge is 0.303 e. The molecule has 0 aliphatic rings. The van der Waals surface area contributed by atoms with Crippen molar-refractivity contribution in [2.75, 3.05) is 19.6 Å². The van der Waals surface area contributed by atoms with Gasteiger partial charge in [-0.3, -0.25) is 38.9 Å². The van der Waals surface area contributed by atoms with Crippen LogP contribution in [0.2, 0.25) is 0 Å². The molecule has 1 aromatic carbocycles. The molecule has 0 heterocycles. The van der Waals surface area contributed by atoms with E-state index in [1.165, 1.54) is 18.2 Å². The monoisotopic (exact) mass is 622 g/mol. The highest BCUT2D eigenvalue weighted by atomic mass is 16.6. The molecule has 0 saturated heterocycles. The number of para-hydroxylation sites is 1. The maximum absolute atomic E-state index is 13.5. The number of carboxylic acids is 1. The number of hydrogen-bond donors (Lipinski definition) is 6. The average Bonchev–Trinajstić information content (AvgIpc) is 3.01. The van der Waals surface area contributed by atoms with Crippen LogP contribution in [0.25, 0.3) is 0 Å². The summed E-state index contributed by atoms with van der Waals surface area (Å²) >= 11 is 0. The fourth-order valence-electron chi connectivity index (χ4n) is 4.01. The number of nitrogens with zero attached hydrogens (tertiary/aromatic N) is 1. The molecule has 0 saturated carbocycles. The van der Waals surface area contributed by atoms with E-state index in [0.29, 0.717) is 0 Å².